The highest BCUT2D eigenvalue weighted by molar-refractivity contribution is 7.80. The third-order valence-corrected chi connectivity index (χ3v) is 4.37. The molecule has 3 rings (SSSR count). The van der Waals surface area contributed by atoms with Gasteiger partial charge in [0.15, 0.2) is 5.11 Å². The molecule has 108 valence electrons. The van der Waals surface area contributed by atoms with Crippen molar-refractivity contribution in [2.24, 2.45) is 0 Å². The van der Waals surface area contributed by atoms with Crippen molar-refractivity contribution in [2.75, 3.05) is 11.9 Å². The van der Waals surface area contributed by atoms with Crippen LogP contribution in [0.4, 0.5) is 5.69 Å². The number of thiocarbonyl (C=S) groups is 1. The first kappa shape index (κ1) is 14.1. The van der Waals surface area contributed by atoms with Crippen molar-refractivity contribution in [3.63, 3.8) is 0 Å². The van der Waals surface area contributed by atoms with Gasteiger partial charge in [-0.15, -0.1) is 0 Å². The molecule has 0 unspecified atom stereocenters. The van der Waals surface area contributed by atoms with Gasteiger partial charge in [0.1, 0.15) is 0 Å². The largest absolute Gasteiger partial charge is 0.344 e. The van der Waals surface area contributed by atoms with Crippen LogP contribution in [0.5, 0.6) is 0 Å². The zero-order chi connectivity index (χ0) is 14.9. The first-order valence-electron chi connectivity index (χ1n) is 7.26. The number of benzene rings is 2. The van der Waals surface area contributed by atoms with Crippen LogP contribution in [0.2, 0.25) is 0 Å². The molecule has 0 atom stereocenters. The third kappa shape index (κ3) is 2.93. The Balaban J connectivity index is 1.81. The summed E-state index contributed by atoms with van der Waals surface area (Å²) in [5.41, 5.74) is 3.95. The Hall–Kier alpha value is -1.87. The normalized spacial score (nSPS) is 16.2. The maximum absolute atomic E-state index is 5.60. The summed E-state index contributed by atoms with van der Waals surface area (Å²) in [4.78, 5) is 2.25. The van der Waals surface area contributed by atoms with Crippen molar-refractivity contribution in [3.05, 3.63) is 65.7 Å². The monoisotopic (exact) mass is 296 g/mol. The highest BCUT2D eigenvalue weighted by atomic mass is 32.1. The fourth-order valence-corrected chi connectivity index (χ4v) is 3.26. The summed E-state index contributed by atoms with van der Waals surface area (Å²) < 4.78 is 0. The number of anilines is 1. The lowest BCUT2D eigenvalue weighted by molar-refractivity contribution is 0.296. The Bertz CT molecular complexity index is 649. The molecule has 2 nitrogen and oxygen atoms in total. The first-order valence-corrected chi connectivity index (χ1v) is 7.66. The van der Waals surface area contributed by atoms with Gasteiger partial charge in [-0.05, 0) is 35.5 Å². The second-order valence-electron chi connectivity index (χ2n) is 6.19. The number of nitrogens with one attached hydrogen (secondary N) is 1. The van der Waals surface area contributed by atoms with Crippen LogP contribution in [-0.4, -0.2) is 16.6 Å². The first-order chi connectivity index (χ1) is 10.1. The number of nitrogens with zero attached hydrogens (tertiary/aromatic N) is 1. The van der Waals surface area contributed by atoms with Crippen LogP contribution in [0.15, 0.2) is 54.6 Å². The van der Waals surface area contributed by atoms with Gasteiger partial charge in [-0.2, -0.15) is 0 Å². The summed E-state index contributed by atoms with van der Waals surface area (Å²) in [6.45, 7) is 6.37. The molecule has 0 aliphatic carbocycles. The molecular weight excluding hydrogens is 276 g/mol. The smallest absolute Gasteiger partial charge is 0.173 e. The third-order valence-electron chi connectivity index (χ3n) is 4.01. The Morgan fingerprint density at radius 3 is 2.48 bits per heavy atom. The van der Waals surface area contributed by atoms with E-state index >= 15 is 0 Å². The maximum Gasteiger partial charge on any atom is 0.173 e. The van der Waals surface area contributed by atoms with Crippen LogP contribution >= 0.6 is 12.2 Å². The van der Waals surface area contributed by atoms with Crippen molar-refractivity contribution in [3.8, 4) is 0 Å². The molecule has 0 bridgehead atoms. The molecule has 2 aromatic carbocycles. The van der Waals surface area contributed by atoms with Gasteiger partial charge in [0.2, 0.25) is 0 Å². The van der Waals surface area contributed by atoms with E-state index in [1.807, 2.05) is 30.3 Å². The number of fused-ring (bicyclic) bond motifs is 1. The van der Waals surface area contributed by atoms with E-state index in [0.717, 1.165) is 23.9 Å². The van der Waals surface area contributed by atoms with Gasteiger partial charge in [0, 0.05) is 24.2 Å². The second kappa shape index (κ2) is 5.49. The highest BCUT2D eigenvalue weighted by Crippen LogP contribution is 2.33. The molecule has 2 aromatic rings. The standard InChI is InChI=1S/C18H20N2S/c1-18(2)13-20(12-14-8-6-7-11-16(14)18)17(21)19-15-9-4-3-5-10-15/h3-11H,12-13H2,1-2H3,(H,19,21). The van der Waals surface area contributed by atoms with E-state index < -0.39 is 0 Å². The molecule has 0 aromatic heterocycles. The van der Waals surface area contributed by atoms with Crippen LogP contribution < -0.4 is 5.32 Å². The highest BCUT2D eigenvalue weighted by Gasteiger charge is 2.32. The van der Waals surface area contributed by atoms with Crippen molar-refractivity contribution in [1.82, 2.24) is 4.90 Å². The molecule has 0 saturated heterocycles. The molecule has 3 heteroatoms. The Morgan fingerprint density at radius 2 is 1.71 bits per heavy atom. The Morgan fingerprint density at radius 1 is 1.05 bits per heavy atom. The fraction of sp³-hybridized carbons (Fsp3) is 0.278. The van der Waals surface area contributed by atoms with Crippen LogP contribution in [-0.2, 0) is 12.0 Å². The summed E-state index contributed by atoms with van der Waals surface area (Å²) in [5, 5.41) is 4.13. The maximum atomic E-state index is 5.60. The molecule has 1 N–H and O–H groups in total. The molecule has 1 heterocycles. The number of para-hydroxylation sites is 1. The predicted molar refractivity (Wildman–Crippen MR) is 92.5 cm³/mol. The molecular formula is C18H20N2S. The molecule has 0 spiro atoms. The summed E-state index contributed by atoms with van der Waals surface area (Å²) in [6, 6.07) is 18.8. The van der Waals surface area contributed by atoms with Crippen LogP contribution in [0, 0.1) is 0 Å². The lowest BCUT2D eigenvalue weighted by Crippen LogP contribution is -2.46. The van der Waals surface area contributed by atoms with Crippen molar-refractivity contribution in [1.29, 1.82) is 0 Å². The lowest BCUT2D eigenvalue weighted by atomic mass is 9.78. The van der Waals surface area contributed by atoms with Crippen molar-refractivity contribution < 1.29 is 0 Å². The van der Waals surface area contributed by atoms with Crippen LogP contribution in [0.25, 0.3) is 0 Å². The molecule has 1 aliphatic rings. The van der Waals surface area contributed by atoms with Gasteiger partial charge in [-0.25, -0.2) is 0 Å². The van der Waals surface area contributed by atoms with E-state index in [4.69, 9.17) is 12.2 Å². The van der Waals surface area contributed by atoms with Gasteiger partial charge in [0.05, 0.1) is 0 Å². The summed E-state index contributed by atoms with van der Waals surface area (Å²) in [5.74, 6) is 0. The van der Waals surface area contributed by atoms with E-state index in [1.54, 1.807) is 0 Å². The van der Waals surface area contributed by atoms with E-state index in [9.17, 15) is 0 Å². The predicted octanol–water partition coefficient (Wildman–Crippen LogP) is 4.18. The summed E-state index contributed by atoms with van der Waals surface area (Å²) in [7, 11) is 0. The van der Waals surface area contributed by atoms with Gasteiger partial charge in [-0.1, -0.05) is 56.3 Å². The Kier molecular flexibility index (Phi) is 3.68. The zero-order valence-electron chi connectivity index (χ0n) is 12.5. The quantitative estimate of drug-likeness (QED) is 0.795. The number of hydrogen-bond donors (Lipinski definition) is 1. The molecule has 0 amide bonds. The molecule has 0 fully saturated rings. The van der Waals surface area contributed by atoms with Crippen LogP contribution in [0.1, 0.15) is 25.0 Å². The van der Waals surface area contributed by atoms with Crippen molar-refractivity contribution >= 4 is 23.0 Å². The average molecular weight is 296 g/mol. The number of rotatable bonds is 1. The summed E-state index contributed by atoms with van der Waals surface area (Å²) >= 11 is 5.60. The van der Waals surface area contributed by atoms with E-state index in [0.29, 0.717) is 0 Å². The topological polar surface area (TPSA) is 15.3 Å². The minimum Gasteiger partial charge on any atom is -0.344 e. The molecule has 21 heavy (non-hydrogen) atoms. The molecule has 1 aliphatic heterocycles. The van der Waals surface area contributed by atoms with Gasteiger partial charge < -0.3 is 10.2 Å². The fourth-order valence-electron chi connectivity index (χ4n) is 3.01. The van der Waals surface area contributed by atoms with Gasteiger partial charge in [-0.3, -0.25) is 0 Å². The lowest BCUT2D eigenvalue weighted by Gasteiger charge is -2.41. The minimum atomic E-state index is 0.108. The van der Waals surface area contributed by atoms with E-state index in [1.165, 1.54) is 11.1 Å². The Labute approximate surface area is 131 Å². The molecule has 0 saturated carbocycles. The van der Waals surface area contributed by atoms with Crippen LogP contribution in [0.3, 0.4) is 0 Å². The van der Waals surface area contributed by atoms with E-state index in [2.05, 4.69) is 48.3 Å². The summed E-state index contributed by atoms with van der Waals surface area (Å²) in [6.07, 6.45) is 0. The van der Waals surface area contributed by atoms with Crippen molar-refractivity contribution in [2.45, 2.75) is 25.8 Å². The van der Waals surface area contributed by atoms with Gasteiger partial charge in [0.25, 0.3) is 0 Å². The van der Waals surface area contributed by atoms with Gasteiger partial charge >= 0.3 is 0 Å². The second-order valence-corrected chi connectivity index (χ2v) is 6.58. The average Bonchev–Trinajstić information content (AvgIpc) is 2.47. The molecule has 0 radical (unpaired) electrons. The minimum absolute atomic E-state index is 0.108. The SMILES string of the molecule is CC1(C)CN(C(=S)Nc2ccccc2)Cc2ccccc21. The number of hydrogen-bond acceptors (Lipinski definition) is 1. The zero-order valence-corrected chi connectivity index (χ0v) is 13.3. The van der Waals surface area contributed by atoms with E-state index in [-0.39, 0.29) is 5.41 Å².